The summed E-state index contributed by atoms with van der Waals surface area (Å²) in [6.45, 7) is 3.69. The molecule has 0 spiro atoms. The zero-order valence-corrected chi connectivity index (χ0v) is 15.9. The lowest BCUT2D eigenvalue weighted by atomic mass is 10.1. The van der Waals surface area contributed by atoms with Crippen molar-refractivity contribution in [1.29, 1.82) is 0 Å². The number of aliphatic hydroxyl groups excluding tert-OH is 2. The molecule has 0 aromatic heterocycles. The Kier molecular flexibility index (Phi) is 19.0. The molecule has 2 atom stereocenters. The molecule has 0 aliphatic heterocycles. The van der Waals surface area contributed by atoms with Crippen molar-refractivity contribution in [2.45, 2.75) is 83.3 Å². The van der Waals surface area contributed by atoms with Crippen LogP contribution in [0.25, 0.3) is 0 Å². The van der Waals surface area contributed by atoms with E-state index in [1.54, 1.807) is 7.11 Å². The highest BCUT2D eigenvalue weighted by Crippen LogP contribution is 2.10. The van der Waals surface area contributed by atoms with Crippen LogP contribution in [0.4, 0.5) is 0 Å². The van der Waals surface area contributed by atoms with Gasteiger partial charge in [0, 0.05) is 13.7 Å². The Morgan fingerprint density at radius 1 is 0.792 bits per heavy atom. The van der Waals surface area contributed by atoms with E-state index in [1.807, 2.05) is 0 Å². The first-order valence-corrected chi connectivity index (χ1v) is 9.71. The van der Waals surface area contributed by atoms with Gasteiger partial charge in [-0.05, 0) is 6.42 Å². The third-order valence-electron chi connectivity index (χ3n) is 4.03. The lowest BCUT2D eigenvalue weighted by molar-refractivity contribution is -0.0822. The van der Waals surface area contributed by atoms with Gasteiger partial charge in [0.05, 0.1) is 26.4 Å². The van der Waals surface area contributed by atoms with Gasteiger partial charge in [-0.15, -0.1) is 0 Å². The zero-order chi connectivity index (χ0) is 17.9. The molecule has 0 radical (unpaired) electrons. The Morgan fingerprint density at radius 3 is 1.92 bits per heavy atom. The molecule has 0 aliphatic rings. The summed E-state index contributed by atoms with van der Waals surface area (Å²) in [4.78, 5) is 0. The standard InChI is InChI=1S/C19H40O5/c1-3-4-5-6-7-8-9-10-11-12-13-23-17-19(16-22-2)24-15-18(21)14-20/h18-21H,3-17H2,1-2H3. The van der Waals surface area contributed by atoms with E-state index in [2.05, 4.69) is 6.92 Å². The summed E-state index contributed by atoms with van der Waals surface area (Å²) in [5.41, 5.74) is 0. The van der Waals surface area contributed by atoms with Crippen molar-refractivity contribution in [2.24, 2.45) is 0 Å². The average Bonchev–Trinajstić information content (AvgIpc) is 2.60. The van der Waals surface area contributed by atoms with Gasteiger partial charge < -0.3 is 24.4 Å². The van der Waals surface area contributed by atoms with Gasteiger partial charge in [0.1, 0.15) is 12.2 Å². The third kappa shape index (κ3) is 16.7. The van der Waals surface area contributed by atoms with Crippen LogP contribution in [0.3, 0.4) is 0 Å². The zero-order valence-electron chi connectivity index (χ0n) is 15.9. The first-order chi connectivity index (χ1) is 11.7. The summed E-state index contributed by atoms with van der Waals surface area (Å²) in [6, 6.07) is 0. The monoisotopic (exact) mass is 348 g/mol. The molecule has 0 aromatic rings. The second kappa shape index (κ2) is 19.1. The maximum Gasteiger partial charge on any atom is 0.104 e. The van der Waals surface area contributed by atoms with E-state index in [-0.39, 0.29) is 19.3 Å². The molecule has 24 heavy (non-hydrogen) atoms. The van der Waals surface area contributed by atoms with Gasteiger partial charge in [0.25, 0.3) is 0 Å². The Balaban J connectivity index is 3.38. The van der Waals surface area contributed by atoms with Crippen LogP contribution in [0, 0.1) is 0 Å². The minimum absolute atomic E-state index is 0.103. The molecule has 0 rings (SSSR count). The maximum absolute atomic E-state index is 9.29. The Morgan fingerprint density at radius 2 is 1.38 bits per heavy atom. The van der Waals surface area contributed by atoms with Crippen LogP contribution in [0.2, 0.25) is 0 Å². The van der Waals surface area contributed by atoms with Crippen LogP contribution in [-0.4, -0.2) is 62.6 Å². The molecule has 0 bridgehead atoms. The predicted molar refractivity (Wildman–Crippen MR) is 97.4 cm³/mol. The highest BCUT2D eigenvalue weighted by atomic mass is 16.6. The normalized spacial score (nSPS) is 14.0. The van der Waals surface area contributed by atoms with Crippen LogP contribution in [0.15, 0.2) is 0 Å². The van der Waals surface area contributed by atoms with Crippen LogP contribution in [0.1, 0.15) is 71.1 Å². The highest BCUT2D eigenvalue weighted by molar-refractivity contribution is 4.58. The summed E-state index contributed by atoms with van der Waals surface area (Å²) in [5, 5.41) is 18.1. The summed E-state index contributed by atoms with van der Waals surface area (Å²) < 4.78 is 16.2. The van der Waals surface area contributed by atoms with Crippen molar-refractivity contribution in [2.75, 3.05) is 40.1 Å². The second-order valence-corrected chi connectivity index (χ2v) is 6.50. The third-order valence-corrected chi connectivity index (χ3v) is 4.03. The molecule has 0 fully saturated rings. The van der Waals surface area contributed by atoms with Gasteiger partial charge >= 0.3 is 0 Å². The number of hydrogen-bond donors (Lipinski definition) is 2. The number of methoxy groups -OCH3 is 1. The molecule has 0 amide bonds. The Bertz CT molecular complexity index is 238. The molecule has 0 saturated heterocycles. The van der Waals surface area contributed by atoms with Gasteiger partial charge in [-0.1, -0.05) is 64.7 Å². The number of unbranched alkanes of at least 4 members (excludes halogenated alkanes) is 9. The minimum Gasteiger partial charge on any atom is -0.394 e. The summed E-state index contributed by atoms with van der Waals surface area (Å²) in [6.07, 6.45) is 12.1. The summed E-state index contributed by atoms with van der Waals surface area (Å²) in [7, 11) is 1.61. The molecular formula is C19H40O5. The molecule has 5 heteroatoms. The first kappa shape index (κ1) is 23.8. The quantitative estimate of drug-likeness (QED) is 0.351. The van der Waals surface area contributed by atoms with Gasteiger partial charge in [0.2, 0.25) is 0 Å². The number of ether oxygens (including phenoxy) is 3. The van der Waals surface area contributed by atoms with Crippen LogP contribution in [-0.2, 0) is 14.2 Å². The molecule has 0 saturated carbocycles. The molecule has 0 heterocycles. The average molecular weight is 349 g/mol. The van der Waals surface area contributed by atoms with Crippen LogP contribution >= 0.6 is 0 Å². The van der Waals surface area contributed by atoms with E-state index in [4.69, 9.17) is 19.3 Å². The number of rotatable bonds is 19. The predicted octanol–water partition coefficient (Wildman–Crippen LogP) is 3.31. The van der Waals surface area contributed by atoms with Gasteiger partial charge in [-0.2, -0.15) is 0 Å². The van der Waals surface area contributed by atoms with E-state index in [9.17, 15) is 5.11 Å². The van der Waals surface area contributed by atoms with Gasteiger partial charge in [-0.3, -0.25) is 0 Å². The minimum atomic E-state index is -0.841. The fraction of sp³-hybridized carbons (Fsp3) is 1.00. The van der Waals surface area contributed by atoms with Crippen molar-refractivity contribution in [3.63, 3.8) is 0 Å². The SMILES string of the molecule is CCCCCCCCCCCCOCC(COC)OCC(O)CO. The van der Waals surface area contributed by atoms with Gasteiger partial charge in [0.15, 0.2) is 0 Å². The molecule has 146 valence electrons. The van der Waals surface area contributed by atoms with E-state index >= 15 is 0 Å². The molecule has 5 nitrogen and oxygen atoms in total. The smallest absolute Gasteiger partial charge is 0.104 e. The van der Waals surface area contributed by atoms with E-state index in [0.717, 1.165) is 13.0 Å². The fourth-order valence-electron chi connectivity index (χ4n) is 2.54. The molecular weight excluding hydrogens is 308 g/mol. The van der Waals surface area contributed by atoms with E-state index in [1.165, 1.54) is 57.8 Å². The van der Waals surface area contributed by atoms with Gasteiger partial charge in [-0.25, -0.2) is 0 Å². The van der Waals surface area contributed by atoms with Crippen molar-refractivity contribution < 1.29 is 24.4 Å². The van der Waals surface area contributed by atoms with Crippen LogP contribution in [0.5, 0.6) is 0 Å². The van der Waals surface area contributed by atoms with Crippen molar-refractivity contribution in [1.82, 2.24) is 0 Å². The lowest BCUT2D eigenvalue weighted by Gasteiger charge is -2.18. The largest absolute Gasteiger partial charge is 0.394 e. The Labute approximate surface area is 148 Å². The molecule has 0 aliphatic carbocycles. The van der Waals surface area contributed by atoms with E-state index < -0.39 is 6.10 Å². The Hall–Kier alpha value is -0.200. The van der Waals surface area contributed by atoms with Crippen molar-refractivity contribution in [3.8, 4) is 0 Å². The lowest BCUT2D eigenvalue weighted by Crippen LogP contribution is -2.30. The number of aliphatic hydroxyl groups is 2. The van der Waals surface area contributed by atoms with Crippen molar-refractivity contribution >= 4 is 0 Å². The molecule has 2 unspecified atom stereocenters. The highest BCUT2D eigenvalue weighted by Gasteiger charge is 2.12. The summed E-state index contributed by atoms with van der Waals surface area (Å²) >= 11 is 0. The molecule has 2 N–H and O–H groups in total. The fourth-order valence-corrected chi connectivity index (χ4v) is 2.54. The van der Waals surface area contributed by atoms with Crippen LogP contribution < -0.4 is 0 Å². The maximum atomic E-state index is 9.29. The van der Waals surface area contributed by atoms with Crippen molar-refractivity contribution in [3.05, 3.63) is 0 Å². The first-order valence-electron chi connectivity index (χ1n) is 9.71. The summed E-state index contributed by atoms with van der Waals surface area (Å²) in [5.74, 6) is 0. The number of hydrogen-bond acceptors (Lipinski definition) is 5. The molecule has 0 aromatic carbocycles. The van der Waals surface area contributed by atoms with E-state index in [0.29, 0.717) is 13.2 Å². The topological polar surface area (TPSA) is 68.2 Å². The second-order valence-electron chi connectivity index (χ2n) is 6.50.